The van der Waals surface area contributed by atoms with E-state index in [9.17, 15) is 0 Å². The molecule has 0 bridgehead atoms. The minimum atomic E-state index is 0.315. The number of aromatic nitrogens is 4. The van der Waals surface area contributed by atoms with Crippen molar-refractivity contribution >= 4 is 65.9 Å². The first-order valence-corrected chi connectivity index (χ1v) is 21.9. The lowest BCUT2D eigenvalue weighted by Gasteiger charge is -2.32. The lowest BCUT2D eigenvalue weighted by Crippen LogP contribution is -2.13. The van der Waals surface area contributed by atoms with E-state index in [1.807, 2.05) is 30.9 Å². The summed E-state index contributed by atoms with van der Waals surface area (Å²) in [5.74, 6) is 0.634. The van der Waals surface area contributed by atoms with Crippen LogP contribution in [0.1, 0.15) is 60.1 Å². The fourth-order valence-electron chi connectivity index (χ4n) is 11.1. The molecule has 4 nitrogen and oxygen atoms in total. The highest BCUT2D eigenvalue weighted by atomic mass is 15.0. The molecule has 2 atom stereocenters. The summed E-state index contributed by atoms with van der Waals surface area (Å²) in [5.41, 5.74) is 19.1. The molecule has 0 amide bonds. The molecule has 2 unspecified atom stereocenters. The van der Waals surface area contributed by atoms with E-state index in [0.717, 1.165) is 24.2 Å². The van der Waals surface area contributed by atoms with Crippen LogP contribution in [0.4, 0.5) is 0 Å². The average molecular weight is 795 g/mol. The van der Waals surface area contributed by atoms with Crippen LogP contribution in [0.3, 0.4) is 0 Å². The lowest BCUT2D eigenvalue weighted by atomic mass is 9.72. The van der Waals surface area contributed by atoms with E-state index < -0.39 is 0 Å². The van der Waals surface area contributed by atoms with Gasteiger partial charge < -0.3 is 9.13 Å². The van der Waals surface area contributed by atoms with Crippen LogP contribution in [-0.2, 0) is 6.42 Å². The number of allylic oxidation sites excluding steroid dienone is 1. The fraction of sp³-hybridized carbons (Fsp3) is 0.103. The molecule has 0 aliphatic heterocycles. The second kappa shape index (κ2) is 13.5. The van der Waals surface area contributed by atoms with Gasteiger partial charge in [-0.1, -0.05) is 105 Å². The van der Waals surface area contributed by atoms with Crippen molar-refractivity contribution in [2.24, 2.45) is 0 Å². The first-order chi connectivity index (χ1) is 30.6. The molecular formula is C58H42N4. The summed E-state index contributed by atoms with van der Waals surface area (Å²) >= 11 is 0. The van der Waals surface area contributed by atoms with Crippen LogP contribution in [0.25, 0.3) is 99.5 Å². The molecule has 4 aromatic heterocycles. The standard InChI is InChI=1S/C58H42N4/c1-35-36(2)48-30-54-52-28-40(46-20-8-14-38-12-4-6-18-44(38)46)22-24-56(52)62(42-16-10-26-60-34-42)58(54)32-50(48)49-31-57-53(29-47(35)49)51-27-39(45-19-7-13-37-11-3-5-17-43(37)45)21-23-55(51)61(57)41-15-9-25-59-33-41/h3-21,23,25-36H,22,24H2,1-2H3. The summed E-state index contributed by atoms with van der Waals surface area (Å²) < 4.78 is 4.92. The Hall–Kier alpha value is -7.56. The minimum absolute atomic E-state index is 0.315. The first-order valence-electron chi connectivity index (χ1n) is 21.9. The van der Waals surface area contributed by atoms with Gasteiger partial charge in [-0.05, 0) is 157 Å². The first kappa shape index (κ1) is 35.2. The van der Waals surface area contributed by atoms with E-state index >= 15 is 0 Å². The van der Waals surface area contributed by atoms with Crippen LogP contribution in [-0.4, -0.2) is 19.1 Å². The normalized spacial score (nSPS) is 15.9. The van der Waals surface area contributed by atoms with E-state index in [1.165, 1.54) is 110 Å². The third-order valence-electron chi connectivity index (χ3n) is 14.2. The Kier molecular flexibility index (Phi) is 7.65. The van der Waals surface area contributed by atoms with Gasteiger partial charge in [0.05, 0.1) is 40.3 Å². The van der Waals surface area contributed by atoms with Crippen molar-refractivity contribution in [3.05, 3.63) is 204 Å². The number of hydrogen-bond acceptors (Lipinski definition) is 2. The molecule has 7 aromatic carbocycles. The van der Waals surface area contributed by atoms with Crippen molar-refractivity contribution in [1.82, 2.24) is 19.1 Å². The highest BCUT2D eigenvalue weighted by Crippen LogP contribution is 2.52. The third-order valence-corrected chi connectivity index (χ3v) is 14.2. The highest BCUT2D eigenvalue weighted by Gasteiger charge is 2.32. The maximum atomic E-state index is 4.63. The summed E-state index contributed by atoms with van der Waals surface area (Å²) in [6.45, 7) is 4.86. The van der Waals surface area contributed by atoms with Gasteiger partial charge in [-0.15, -0.1) is 0 Å². The van der Waals surface area contributed by atoms with Crippen LogP contribution < -0.4 is 0 Å². The van der Waals surface area contributed by atoms with Crippen molar-refractivity contribution in [3.63, 3.8) is 0 Å². The largest absolute Gasteiger partial charge is 0.311 e. The van der Waals surface area contributed by atoms with Gasteiger partial charge in [0.15, 0.2) is 0 Å². The van der Waals surface area contributed by atoms with Crippen molar-refractivity contribution in [3.8, 4) is 33.6 Å². The Labute approximate surface area is 360 Å². The second-order valence-corrected chi connectivity index (χ2v) is 17.4. The third kappa shape index (κ3) is 5.13. The van der Waals surface area contributed by atoms with E-state index in [0.29, 0.717) is 11.8 Å². The molecule has 0 fully saturated rings. The average Bonchev–Trinajstić information content (AvgIpc) is 3.83. The van der Waals surface area contributed by atoms with Gasteiger partial charge in [0.1, 0.15) is 0 Å². The quantitative estimate of drug-likeness (QED) is 0.178. The zero-order chi connectivity index (χ0) is 41.1. The SMILES string of the molecule is CC1c2cc3c4c(n(-c5cccnc5)c3cc2-c2cc3c(cc2C1C)c1cc(-c2cccc5ccccc25)ccc1n3-c1cccnc1)CCC(c1cccc2ccccc12)=C4. The smallest absolute Gasteiger partial charge is 0.0645 e. The molecule has 11 aromatic rings. The maximum absolute atomic E-state index is 4.63. The molecule has 0 radical (unpaired) electrons. The topological polar surface area (TPSA) is 35.6 Å². The van der Waals surface area contributed by atoms with Crippen molar-refractivity contribution in [2.75, 3.05) is 0 Å². The van der Waals surface area contributed by atoms with Gasteiger partial charge in [-0.25, -0.2) is 0 Å². The number of hydrogen-bond donors (Lipinski definition) is 0. The van der Waals surface area contributed by atoms with Crippen LogP contribution in [0.2, 0.25) is 0 Å². The monoisotopic (exact) mass is 794 g/mol. The van der Waals surface area contributed by atoms with Gasteiger partial charge in [-0.2, -0.15) is 0 Å². The number of rotatable bonds is 4. The van der Waals surface area contributed by atoms with Crippen molar-refractivity contribution < 1.29 is 0 Å². The van der Waals surface area contributed by atoms with Gasteiger partial charge in [0.25, 0.3) is 0 Å². The highest BCUT2D eigenvalue weighted by molar-refractivity contribution is 6.13. The predicted molar refractivity (Wildman–Crippen MR) is 259 cm³/mol. The summed E-state index contributed by atoms with van der Waals surface area (Å²) in [7, 11) is 0. The van der Waals surface area contributed by atoms with E-state index in [-0.39, 0.29) is 0 Å². The Morgan fingerprint density at radius 3 is 1.71 bits per heavy atom. The van der Waals surface area contributed by atoms with Crippen LogP contribution in [0.15, 0.2) is 176 Å². The van der Waals surface area contributed by atoms with Crippen LogP contribution >= 0.6 is 0 Å². The van der Waals surface area contributed by atoms with Gasteiger partial charge >= 0.3 is 0 Å². The lowest BCUT2D eigenvalue weighted by molar-refractivity contribution is 0.617. The number of benzene rings is 7. The molecule has 2 aliphatic carbocycles. The molecule has 0 spiro atoms. The zero-order valence-corrected chi connectivity index (χ0v) is 34.7. The minimum Gasteiger partial charge on any atom is -0.311 e. The van der Waals surface area contributed by atoms with Gasteiger partial charge in [0, 0.05) is 39.8 Å². The van der Waals surface area contributed by atoms with E-state index in [4.69, 9.17) is 0 Å². The summed E-state index contributed by atoms with van der Waals surface area (Å²) in [6.07, 6.45) is 12.2. The van der Waals surface area contributed by atoms with Crippen LogP contribution in [0.5, 0.6) is 0 Å². The molecule has 62 heavy (non-hydrogen) atoms. The zero-order valence-electron chi connectivity index (χ0n) is 34.7. The summed E-state index contributed by atoms with van der Waals surface area (Å²) in [5, 5.41) is 8.96. The molecular weight excluding hydrogens is 753 g/mol. The predicted octanol–water partition coefficient (Wildman–Crippen LogP) is 14.9. The summed E-state index contributed by atoms with van der Waals surface area (Å²) in [4.78, 5) is 9.24. The summed E-state index contributed by atoms with van der Waals surface area (Å²) in [6, 6.07) is 56.4. The second-order valence-electron chi connectivity index (χ2n) is 17.4. The fourth-order valence-corrected chi connectivity index (χ4v) is 11.1. The van der Waals surface area contributed by atoms with Crippen LogP contribution in [0, 0.1) is 0 Å². The Bertz CT molecular complexity index is 3650. The molecule has 0 N–H and O–H groups in total. The van der Waals surface area contributed by atoms with Gasteiger partial charge in [-0.3, -0.25) is 9.97 Å². The molecule has 2 aliphatic rings. The Morgan fingerprint density at radius 1 is 0.452 bits per heavy atom. The number of fused-ring (bicyclic) bond motifs is 11. The molecule has 0 saturated carbocycles. The Balaban J connectivity index is 1.06. The van der Waals surface area contributed by atoms with Crippen molar-refractivity contribution in [2.45, 2.75) is 38.5 Å². The maximum Gasteiger partial charge on any atom is 0.0645 e. The number of nitrogens with zero attached hydrogens (tertiary/aromatic N) is 4. The molecule has 4 heterocycles. The molecule has 13 rings (SSSR count). The van der Waals surface area contributed by atoms with E-state index in [1.54, 1.807) is 0 Å². The van der Waals surface area contributed by atoms with Gasteiger partial charge in [0.2, 0.25) is 0 Å². The van der Waals surface area contributed by atoms with E-state index in [2.05, 4.69) is 185 Å². The molecule has 294 valence electrons. The molecule has 4 heteroatoms. The van der Waals surface area contributed by atoms with Crippen molar-refractivity contribution in [1.29, 1.82) is 0 Å². The number of pyridine rings is 2. The molecule has 0 saturated heterocycles. The Morgan fingerprint density at radius 2 is 1.03 bits per heavy atom.